The minimum absolute atomic E-state index is 0.113. The number of furan rings is 1. The van der Waals surface area contributed by atoms with Crippen LogP contribution in [0.15, 0.2) is 71.3 Å². The Balaban J connectivity index is 1.71. The topological polar surface area (TPSA) is 89.1 Å². The molecule has 0 radical (unpaired) electrons. The third-order valence-electron chi connectivity index (χ3n) is 5.20. The van der Waals surface area contributed by atoms with Crippen LogP contribution in [-0.4, -0.2) is 42.0 Å². The van der Waals surface area contributed by atoms with Crippen molar-refractivity contribution in [2.45, 2.75) is 13.1 Å². The van der Waals surface area contributed by atoms with Crippen LogP contribution in [0.3, 0.4) is 0 Å². The molecule has 1 aliphatic heterocycles. The van der Waals surface area contributed by atoms with Crippen LogP contribution in [0, 0.1) is 10.1 Å². The number of ether oxygens (including phenoxy) is 1. The Hall–Kier alpha value is -3.65. The van der Waals surface area contributed by atoms with Crippen molar-refractivity contribution in [1.82, 2.24) is 4.90 Å². The zero-order valence-electron chi connectivity index (χ0n) is 17.0. The molecule has 1 saturated heterocycles. The van der Waals surface area contributed by atoms with Crippen molar-refractivity contribution in [1.29, 1.82) is 0 Å². The Kier molecular flexibility index (Phi) is 6.28. The second kappa shape index (κ2) is 9.44. The van der Waals surface area contributed by atoms with Crippen molar-refractivity contribution in [2.24, 2.45) is 0 Å². The van der Waals surface area contributed by atoms with Gasteiger partial charge in [0.25, 0.3) is 11.6 Å². The molecule has 8 nitrogen and oxygen atoms in total. The van der Waals surface area contributed by atoms with Gasteiger partial charge >= 0.3 is 0 Å². The van der Waals surface area contributed by atoms with E-state index in [1.807, 2.05) is 41.3 Å². The lowest BCUT2D eigenvalue weighted by Gasteiger charge is -2.31. The third kappa shape index (κ3) is 4.92. The van der Waals surface area contributed by atoms with Crippen LogP contribution in [0.25, 0.3) is 0 Å². The number of carbonyl (C=O) groups is 1. The van der Waals surface area contributed by atoms with Crippen molar-refractivity contribution in [2.75, 3.05) is 31.2 Å². The van der Waals surface area contributed by atoms with Crippen molar-refractivity contribution in [3.8, 4) is 0 Å². The molecule has 1 aromatic heterocycles. The minimum atomic E-state index is -0.478. The first-order valence-electron chi connectivity index (χ1n) is 10.1. The number of amides is 1. The van der Waals surface area contributed by atoms with Crippen LogP contribution in [0.5, 0.6) is 0 Å². The van der Waals surface area contributed by atoms with Gasteiger partial charge in [-0.15, -0.1) is 0 Å². The van der Waals surface area contributed by atoms with Gasteiger partial charge in [0, 0.05) is 31.8 Å². The Labute approximate surface area is 179 Å². The lowest BCUT2D eigenvalue weighted by Crippen LogP contribution is -2.38. The molecule has 1 amide bonds. The Morgan fingerprint density at radius 3 is 2.48 bits per heavy atom. The Bertz CT molecular complexity index is 1030. The maximum Gasteiger partial charge on any atom is 0.270 e. The molecule has 160 valence electrons. The average molecular weight is 421 g/mol. The number of nitro groups is 1. The highest BCUT2D eigenvalue weighted by atomic mass is 16.6. The summed E-state index contributed by atoms with van der Waals surface area (Å²) in [4.78, 5) is 28.3. The second-order valence-corrected chi connectivity index (χ2v) is 7.28. The van der Waals surface area contributed by atoms with E-state index in [2.05, 4.69) is 0 Å². The van der Waals surface area contributed by atoms with E-state index in [1.54, 1.807) is 23.3 Å². The van der Waals surface area contributed by atoms with E-state index in [0.29, 0.717) is 49.9 Å². The van der Waals surface area contributed by atoms with Crippen molar-refractivity contribution in [3.63, 3.8) is 0 Å². The monoisotopic (exact) mass is 421 g/mol. The summed E-state index contributed by atoms with van der Waals surface area (Å²) < 4.78 is 10.9. The van der Waals surface area contributed by atoms with Crippen molar-refractivity contribution < 1.29 is 18.9 Å². The van der Waals surface area contributed by atoms with Gasteiger partial charge in [-0.3, -0.25) is 14.9 Å². The van der Waals surface area contributed by atoms with Crippen molar-refractivity contribution >= 4 is 17.3 Å². The van der Waals surface area contributed by atoms with Crippen LogP contribution in [0.4, 0.5) is 11.4 Å². The summed E-state index contributed by atoms with van der Waals surface area (Å²) in [6.07, 6.45) is 1.56. The van der Waals surface area contributed by atoms with Gasteiger partial charge < -0.3 is 19.0 Å². The molecular weight excluding hydrogens is 398 g/mol. The molecule has 0 aliphatic carbocycles. The number of nitrogens with zero attached hydrogens (tertiary/aromatic N) is 3. The number of hydrogen-bond donors (Lipinski definition) is 0. The molecule has 4 rings (SSSR count). The molecule has 0 bridgehead atoms. The Morgan fingerprint density at radius 2 is 1.81 bits per heavy atom. The predicted molar refractivity (Wildman–Crippen MR) is 115 cm³/mol. The summed E-state index contributed by atoms with van der Waals surface area (Å²) in [5.74, 6) is 0.355. The van der Waals surface area contributed by atoms with E-state index in [4.69, 9.17) is 9.15 Å². The largest absolute Gasteiger partial charge is 0.467 e. The average Bonchev–Trinajstić information content (AvgIpc) is 3.32. The van der Waals surface area contributed by atoms with Gasteiger partial charge in [0.05, 0.1) is 42.2 Å². The van der Waals surface area contributed by atoms with E-state index < -0.39 is 4.92 Å². The first kappa shape index (κ1) is 20.6. The second-order valence-electron chi connectivity index (χ2n) is 7.28. The summed E-state index contributed by atoms with van der Waals surface area (Å²) in [7, 11) is 0. The summed E-state index contributed by atoms with van der Waals surface area (Å²) in [6.45, 7) is 2.94. The predicted octanol–water partition coefficient (Wildman–Crippen LogP) is 3.87. The number of morpholine rings is 1. The SMILES string of the molecule is O=C(c1cc([N+](=O)[O-])ccc1N1CCOCC1)N(Cc1ccccc1)Cc1ccco1. The number of rotatable bonds is 7. The molecule has 0 atom stereocenters. The molecule has 0 N–H and O–H groups in total. The quantitative estimate of drug-likeness (QED) is 0.425. The van der Waals surface area contributed by atoms with Gasteiger partial charge in [-0.2, -0.15) is 0 Å². The van der Waals surface area contributed by atoms with E-state index >= 15 is 0 Å². The highest BCUT2D eigenvalue weighted by Gasteiger charge is 2.26. The molecule has 2 aromatic carbocycles. The number of non-ortho nitro benzene ring substituents is 1. The molecular formula is C23H23N3O5. The van der Waals surface area contributed by atoms with Gasteiger partial charge in [-0.1, -0.05) is 30.3 Å². The fourth-order valence-electron chi connectivity index (χ4n) is 3.65. The lowest BCUT2D eigenvalue weighted by atomic mass is 10.1. The van der Waals surface area contributed by atoms with Gasteiger partial charge in [0.2, 0.25) is 0 Å². The van der Waals surface area contributed by atoms with Crippen LogP contribution in [0.2, 0.25) is 0 Å². The highest BCUT2D eigenvalue weighted by Crippen LogP contribution is 2.28. The summed E-state index contributed by atoms with van der Waals surface area (Å²) in [6, 6.07) is 17.7. The van der Waals surface area contributed by atoms with E-state index in [1.165, 1.54) is 12.1 Å². The minimum Gasteiger partial charge on any atom is -0.467 e. The number of carbonyl (C=O) groups excluding carboxylic acids is 1. The van der Waals surface area contributed by atoms with Crippen LogP contribution < -0.4 is 4.90 Å². The van der Waals surface area contributed by atoms with Gasteiger partial charge in [0.1, 0.15) is 5.76 Å². The molecule has 0 spiro atoms. The molecule has 0 unspecified atom stereocenters. The van der Waals surface area contributed by atoms with E-state index in [-0.39, 0.29) is 18.1 Å². The number of anilines is 1. The van der Waals surface area contributed by atoms with Crippen LogP contribution in [-0.2, 0) is 17.8 Å². The molecule has 1 aliphatic rings. The van der Waals surface area contributed by atoms with Crippen molar-refractivity contribution in [3.05, 3.63) is 93.9 Å². The first-order valence-corrected chi connectivity index (χ1v) is 10.1. The van der Waals surface area contributed by atoms with Gasteiger partial charge in [0.15, 0.2) is 0 Å². The molecule has 0 saturated carbocycles. The molecule has 31 heavy (non-hydrogen) atoms. The fraction of sp³-hybridized carbons (Fsp3) is 0.261. The standard InChI is InChI=1S/C23H23N3O5/c27-23(25(17-20-7-4-12-31-20)16-18-5-2-1-3-6-18)21-15-19(26(28)29)8-9-22(21)24-10-13-30-14-11-24/h1-9,12,15H,10-11,13-14,16-17H2. The van der Waals surface area contributed by atoms with Gasteiger partial charge in [-0.05, 0) is 23.8 Å². The first-order chi connectivity index (χ1) is 15.1. The summed E-state index contributed by atoms with van der Waals surface area (Å²) in [5, 5.41) is 11.4. The maximum atomic E-state index is 13.7. The Morgan fingerprint density at radius 1 is 1.03 bits per heavy atom. The van der Waals surface area contributed by atoms with Crippen LogP contribution >= 0.6 is 0 Å². The number of nitro benzene ring substituents is 1. The normalized spacial score (nSPS) is 13.7. The lowest BCUT2D eigenvalue weighted by molar-refractivity contribution is -0.384. The molecule has 8 heteroatoms. The molecule has 1 fully saturated rings. The van der Waals surface area contributed by atoms with E-state index in [0.717, 1.165) is 5.56 Å². The van der Waals surface area contributed by atoms with E-state index in [9.17, 15) is 14.9 Å². The van der Waals surface area contributed by atoms with Crippen LogP contribution in [0.1, 0.15) is 21.7 Å². The molecule has 3 aromatic rings. The zero-order chi connectivity index (χ0) is 21.6. The molecule has 2 heterocycles. The maximum absolute atomic E-state index is 13.7. The van der Waals surface area contributed by atoms with Gasteiger partial charge in [-0.25, -0.2) is 0 Å². The highest BCUT2D eigenvalue weighted by molar-refractivity contribution is 6.00. The third-order valence-corrected chi connectivity index (χ3v) is 5.20. The smallest absolute Gasteiger partial charge is 0.270 e. The zero-order valence-corrected chi connectivity index (χ0v) is 17.0. The summed E-state index contributed by atoms with van der Waals surface area (Å²) >= 11 is 0. The number of hydrogen-bond acceptors (Lipinski definition) is 6. The fourth-order valence-corrected chi connectivity index (χ4v) is 3.65. The summed E-state index contributed by atoms with van der Waals surface area (Å²) in [5.41, 5.74) is 1.83. The number of benzene rings is 2.